The summed E-state index contributed by atoms with van der Waals surface area (Å²) in [6.07, 6.45) is 0.904. The Kier molecular flexibility index (Phi) is 16.0. The van der Waals surface area contributed by atoms with Gasteiger partial charge in [-0.15, -0.1) is 0 Å². The molecule has 160 valence electrons. The third-order valence-corrected chi connectivity index (χ3v) is 7.89. The fourth-order valence-corrected chi connectivity index (χ4v) is 6.43. The fourth-order valence-electron chi connectivity index (χ4n) is 2.51. The van der Waals surface area contributed by atoms with Crippen molar-refractivity contribution in [3.63, 3.8) is 0 Å². The van der Waals surface area contributed by atoms with Gasteiger partial charge in [-0.25, -0.2) is 0 Å². The summed E-state index contributed by atoms with van der Waals surface area (Å²) in [6.45, 7) is 11.6. The lowest BCUT2D eigenvalue weighted by Gasteiger charge is -2.28. The van der Waals surface area contributed by atoms with Crippen molar-refractivity contribution in [1.29, 1.82) is 0 Å². The summed E-state index contributed by atoms with van der Waals surface area (Å²) in [6, 6.07) is 0.734. The second-order valence-corrected chi connectivity index (χ2v) is 9.50. The number of hydrogen-bond donors (Lipinski definition) is 0. The van der Waals surface area contributed by atoms with Crippen molar-refractivity contribution in [2.75, 3.05) is 44.5 Å². The molecule has 0 heterocycles. The molecule has 0 spiro atoms. The number of ether oxygens (including phenoxy) is 2. The molecule has 0 rings (SSSR count). The van der Waals surface area contributed by atoms with Crippen LogP contribution in [0.25, 0.3) is 0 Å². The molecule has 0 N–H and O–H groups in total. The van der Waals surface area contributed by atoms with Crippen molar-refractivity contribution in [3.05, 3.63) is 0 Å². The molecule has 0 aliphatic rings. The average molecular weight is 425 g/mol. The topological polar surface area (TPSA) is 80.3 Å². The summed E-state index contributed by atoms with van der Waals surface area (Å²) in [7, 11) is -2.62. The van der Waals surface area contributed by atoms with Crippen LogP contribution in [0.5, 0.6) is 0 Å². The Morgan fingerprint density at radius 2 is 1.41 bits per heavy atom. The molecule has 27 heavy (non-hydrogen) atoms. The van der Waals surface area contributed by atoms with E-state index in [1.54, 1.807) is 25.6 Å². The molecule has 0 saturated carbocycles. The lowest BCUT2D eigenvalue weighted by atomic mass is 10.1. The van der Waals surface area contributed by atoms with Gasteiger partial charge in [0.2, 0.25) is 0 Å². The molecule has 0 aliphatic heterocycles. The molecule has 0 amide bonds. The van der Waals surface area contributed by atoms with Crippen LogP contribution in [0, 0.1) is 5.92 Å². The Morgan fingerprint density at radius 3 is 1.89 bits per heavy atom. The first kappa shape index (κ1) is 26.4. The molecular weight excluding hydrogens is 388 g/mol. The minimum Gasteiger partial charge on any atom is -0.466 e. The van der Waals surface area contributed by atoms with E-state index in [9.17, 15) is 9.59 Å². The Bertz CT molecular complexity index is 392. The van der Waals surface area contributed by atoms with E-state index >= 15 is 0 Å². The number of carbonyl (C=O) groups is 2. The van der Waals surface area contributed by atoms with Gasteiger partial charge < -0.3 is 22.8 Å². The summed E-state index contributed by atoms with van der Waals surface area (Å²) < 4.78 is 27.5. The van der Waals surface area contributed by atoms with E-state index in [1.165, 1.54) is 0 Å². The molecule has 0 aromatic carbocycles. The molecule has 0 fully saturated rings. The third kappa shape index (κ3) is 11.7. The van der Waals surface area contributed by atoms with E-state index in [0.29, 0.717) is 38.8 Å². The highest BCUT2D eigenvalue weighted by molar-refractivity contribution is 7.99. The Labute approximate surface area is 169 Å². The molecule has 0 saturated heterocycles. The monoisotopic (exact) mass is 424 g/mol. The van der Waals surface area contributed by atoms with E-state index in [4.69, 9.17) is 22.8 Å². The van der Waals surface area contributed by atoms with E-state index in [-0.39, 0.29) is 18.4 Å². The number of esters is 2. The molecule has 1 unspecified atom stereocenters. The predicted molar refractivity (Wildman–Crippen MR) is 109 cm³/mol. The van der Waals surface area contributed by atoms with E-state index in [2.05, 4.69) is 0 Å². The average Bonchev–Trinajstić information content (AvgIpc) is 2.61. The van der Waals surface area contributed by atoms with Gasteiger partial charge in [-0.2, -0.15) is 11.8 Å². The molecule has 0 aliphatic carbocycles. The Hall–Kier alpha value is -0.613. The smallest absolute Gasteiger partial charge is 0.466 e. The zero-order chi connectivity index (χ0) is 20.5. The zero-order valence-corrected chi connectivity index (χ0v) is 19.2. The fraction of sp³-hybridized carbons (Fsp3) is 0.889. The molecule has 7 nitrogen and oxygen atoms in total. The van der Waals surface area contributed by atoms with E-state index in [1.807, 2.05) is 20.8 Å². The molecule has 9 heteroatoms. The minimum atomic E-state index is -2.62. The van der Waals surface area contributed by atoms with Crippen LogP contribution in [0.2, 0.25) is 6.04 Å². The molecule has 1 atom stereocenters. The predicted octanol–water partition coefficient (Wildman–Crippen LogP) is 3.29. The number of carbonyl (C=O) groups excluding carboxylic acids is 2. The maximum Gasteiger partial charge on any atom is 0.500 e. The van der Waals surface area contributed by atoms with Crippen molar-refractivity contribution >= 4 is 32.5 Å². The van der Waals surface area contributed by atoms with Crippen LogP contribution in [-0.2, 0) is 32.3 Å². The normalized spacial score (nSPS) is 12.6. The van der Waals surface area contributed by atoms with Gasteiger partial charge in [0.05, 0.1) is 25.6 Å². The van der Waals surface area contributed by atoms with Gasteiger partial charge in [0, 0.05) is 31.6 Å². The first-order valence-electron chi connectivity index (χ1n) is 9.80. The minimum absolute atomic E-state index is 0.0508. The van der Waals surface area contributed by atoms with Crippen LogP contribution < -0.4 is 0 Å². The van der Waals surface area contributed by atoms with Gasteiger partial charge in [-0.3, -0.25) is 9.59 Å². The van der Waals surface area contributed by atoms with Crippen molar-refractivity contribution in [2.24, 2.45) is 5.92 Å². The summed E-state index contributed by atoms with van der Waals surface area (Å²) >= 11 is 1.62. The highest BCUT2D eigenvalue weighted by Gasteiger charge is 2.39. The summed E-state index contributed by atoms with van der Waals surface area (Å²) in [5.41, 5.74) is 0. The lowest BCUT2D eigenvalue weighted by molar-refractivity contribution is -0.153. The highest BCUT2D eigenvalue weighted by atomic mass is 32.2. The van der Waals surface area contributed by atoms with Crippen LogP contribution >= 0.6 is 11.8 Å². The van der Waals surface area contributed by atoms with Crippen LogP contribution in [0.15, 0.2) is 0 Å². The number of rotatable bonds is 17. The first-order valence-corrected chi connectivity index (χ1v) is 12.9. The Morgan fingerprint density at radius 1 is 0.852 bits per heavy atom. The van der Waals surface area contributed by atoms with Crippen LogP contribution in [-0.4, -0.2) is 65.3 Å². The van der Waals surface area contributed by atoms with Gasteiger partial charge in [-0.05, 0) is 46.8 Å². The molecule has 0 aromatic heterocycles. The second kappa shape index (κ2) is 16.4. The van der Waals surface area contributed by atoms with Crippen LogP contribution in [0.3, 0.4) is 0 Å². The summed E-state index contributed by atoms with van der Waals surface area (Å²) in [5.74, 6) is 0.137. The van der Waals surface area contributed by atoms with E-state index in [0.717, 1.165) is 18.2 Å². The maximum atomic E-state index is 12.1. The SMILES string of the molecule is CCOC(=O)CC(CSCCC[Si](OCC)(OCC)OCC)C(=O)OCC. The molecule has 0 radical (unpaired) electrons. The van der Waals surface area contributed by atoms with Crippen molar-refractivity contribution < 1.29 is 32.3 Å². The van der Waals surface area contributed by atoms with Crippen molar-refractivity contribution in [2.45, 2.75) is 53.5 Å². The van der Waals surface area contributed by atoms with Gasteiger partial charge in [0.25, 0.3) is 0 Å². The Balaban J connectivity index is 4.50. The standard InChI is InChI=1S/C18H36O7SSi/c1-6-21-17(19)14-16(18(20)22-7-2)15-26-12-11-13-27(23-8-3,24-9-4)25-10-5/h16H,6-15H2,1-5H3. The summed E-state index contributed by atoms with van der Waals surface area (Å²) in [4.78, 5) is 23.8. The lowest BCUT2D eigenvalue weighted by Crippen LogP contribution is -2.46. The van der Waals surface area contributed by atoms with Gasteiger partial charge >= 0.3 is 20.7 Å². The highest BCUT2D eigenvalue weighted by Crippen LogP contribution is 2.22. The number of thioether (sulfide) groups is 1. The molecule has 0 bridgehead atoms. The largest absolute Gasteiger partial charge is 0.500 e. The maximum absolute atomic E-state index is 12.1. The van der Waals surface area contributed by atoms with Crippen LogP contribution in [0.4, 0.5) is 0 Å². The quantitative estimate of drug-likeness (QED) is 0.200. The second-order valence-electron chi connectivity index (χ2n) is 5.62. The van der Waals surface area contributed by atoms with Gasteiger partial charge in [0.15, 0.2) is 0 Å². The first-order chi connectivity index (χ1) is 13.0. The third-order valence-electron chi connectivity index (χ3n) is 3.52. The molecular formula is C18H36O7SSi. The van der Waals surface area contributed by atoms with Crippen molar-refractivity contribution in [1.82, 2.24) is 0 Å². The zero-order valence-electron chi connectivity index (χ0n) is 17.4. The van der Waals surface area contributed by atoms with Gasteiger partial charge in [-0.1, -0.05) is 0 Å². The molecule has 0 aromatic rings. The van der Waals surface area contributed by atoms with Crippen molar-refractivity contribution in [3.8, 4) is 0 Å². The van der Waals surface area contributed by atoms with Gasteiger partial charge in [0.1, 0.15) is 0 Å². The summed E-state index contributed by atoms with van der Waals surface area (Å²) in [5, 5.41) is 0. The van der Waals surface area contributed by atoms with Crippen LogP contribution in [0.1, 0.15) is 47.5 Å². The number of hydrogen-bond acceptors (Lipinski definition) is 8. The van der Waals surface area contributed by atoms with E-state index < -0.39 is 14.7 Å².